The van der Waals surface area contributed by atoms with Crippen molar-refractivity contribution in [1.82, 2.24) is 9.97 Å². The van der Waals surface area contributed by atoms with Gasteiger partial charge in [0.15, 0.2) is 0 Å². The molecule has 1 amide bonds. The topological polar surface area (TPSA) is 96.8 Å². The lowest BCUT2D eigenvalue weighted by atomic mass is 10.00. The van der Waals surface area contributed by atoms with Crippen LogP contribution in [-0.2, 0) is 10.9 Å². The van der Waals surface area contributed by atoms with Crippen LogP contribution in [0.5, 0.6) is 5.88 Å². The summed E-state index contributed by atoms with van der Waals surface area (Å²) in [5.41, 5.74) is 1.57. The number of anilines is 2. The number of nitrogens with zero attached hydrogens (tertiary/aromatic N) is 3. The summed E-state index contributed by atoms with van der Waals surface area (Å²) < 4.78 is 50.2. The quantitative estimate of drug-likeness (QED) is 0.483. The van der Waals surface area contributed by atoms with E-state index in [2.05, 4.69) is 20.2 Å². The highest BCUT2D eigenvalue weighted by atomic mass is 19.4. The molecule has 0 saturated carbocycles. The zero-order valence-corrected chi connectivity index (χ0v) is 20.4. The van der Waals surface area contributed by atoms with Gasteiger partial charge in [0.25, 0.3) is 5.91 Å². The van der Waals surface area contributed by atoms with Gasteiger partial charge in [-0.3, -0.25) is 9.78 Å². The Morgan fingerprint density at radius 3 is 2.78 bits per heavy atom. The fourth-order valence-electron chi connectivity index (χ4n) is 4.03. The fourth-order valence-corrected chi connectivity index (χ4v) is 4.03. The lowest BCUT2D eigenvalue weighted by Crippen LogP contribution is -2.44. The van der Waals surface area contributed by atoms with E-state index in [4.69, 9.17) is 9.47 Å². The molecule has 0 aliphatic carbocycles. The predicted octanol–water partition coefficient (Wildman–Crippen LogP) is 4.32. The van der Waals surface area contributed by atoms with Crippen LogP contribution in [-0.4, -0.2) is 60.0 Å². The van der Waals surface area contributed by atoms with Gasteiger partial charge in [-0.2, -0.15) is 18.2 Å². The molecule has 2 N–H and O–H groups in total. The number of morpholine rings is 1. The minimum absolute atomic E-state index is 0.0789. The summed E-state index contributed by atoms with van der Waals surface area (Å²) in [6.45, 7) is 5.63. The van der Waals surface area contributed by atoms with Gasteiger partial charge in [-0.25, -0.2) is 0 Å². The SMILES string of the molecule is Cc1ccc(NC(=O)c2ccnc(C(F)(F)F)c2)cc1-c1cc(OCCO)nc(N2CCOCC2C)c1. The molecule has 196 valence electrons. The molecule has 37 heavy (non-hydrogen) atoms. The molecule has 0 bridgehead atoms. The minimum Gasteiger partial charge on any atom is -0.475 e. The molecule has 1 aliphatic heterocycles. The highest BCUT2D eigenvalue weighted by molar-refractivity contribution is 6.04. The van der Waals surface area contributed by atoms with Crippen molar-refractivity contribution in [3.05, 3.63) is 65.5 Å². The van der Waals surface area contributed by atoms with Gasteiger partial charge < -0.3 is 24.8 Å². The normalized spacial score (nSPS) is 15.9. The second kappa shape index (κ2) is 11.1. The molecule has 2 aromatic heterocycles. The van der Waals surface area contributed by atoms with Crippen LogP contribution in [0.2, 0.25) is 0 Å². The van der Waals surface area contributed by atoms with Crippen molar-refractivity contribution < 1.29 is 32.5 Å². The molecule has 3 heterocycles. The molecule has 3 aromatic rings. The van der Waals surface area contributed by atoms with Crippen LogP contribution in [0.25, 0.3) is 11.1 Å². The Labute approximate surface area is 212 Å². The van der Waals surface area contributed by atoms with Crippen LogP contribution in [0.3, 0.4) is 0 Å². The van der Waals surface area contributed by atoms with Gasteiger partial charge in [-0.15, -0.1) is 0 Å². The maximum atomic E-state index is 13.0. The van der Waals surface area contributed by atoms with Crippen LogP contribution in [0.4, 0.5) is 24.7 Å². The fraction of sp³-hybridized carbons (Fsp3) is 0.346. The zero-order valence-electron chi connectivity index (χ0n) is 20.4. The van der Waals surface area contributed by atoms with Crippen LogP contribution in [0.15, 0.2) is 48.7 Å². The number of nitrogens with one attached hydrogen (secondary N) is 1. The molecule has 0 radical (unpaired) electrons. The average molecular weight is 517 g/mol. The van der Waals surface area contributed by atoms with Gasteiger partial charge in [0.2, 0.25) is 5.88 Å². The van der Waals surface area contributed by atoms with E-state index in [9.17, 15) is 23.1 Å². The summed E-state index contributed by atoms with van der Waals surface area (Å²) in [6, 6.07) is 10.9. The van der Waals surface area contributed by atoms with E-state index in [0.717, 1.165) is 22.9 Å². The molecule has 1 atom stereocenters. The number of aliphatic hydroxyl groups excluding tert-OH is 1. The third kappa shape index (κ3) is 6.36. The number of alkyl halides is 3. The maximum Gasteiger partial charge on any atom is 0.433 e. The summed E-state index contributed by atoms with van der Waals surface area (Å²) in [5.74, 6) is 0.337. The smallest absolute Gasteiger partial charge is 0.433 e. The molecule has 1 unspecified atom stereocenters. The summed E-state index contributed by atoms with van der Waals surface area (Å²) in [6.07, 6.45) is -3.70. The number of hydrogen-bond donors (Lipinski definition) is 2. The number of rotatable bonds is 7. The first-order valence-electron chi connectivity index (χ1n) is 11.7. The standard InChI is InChI=1S/C26H27F3N4O4/c1-16-3-4-20(31-25(35)18-5-6-30-22(11-18)26(27,28)29)14-21(16)19-12-23(32-24(13-19)37-10-8-34)33-7-9-36-15-17(33)2/h3-6,11-14,17,34H,7-10,15H2,1-2H3,(H,31,35). The van der Waals surface area contributed by atoms with Gasteiger partial charge in [0.1, 0.15) is 18.1 Å². The van der Waals surface area contributed by atoms with Crippen molar-refractivity contribution >= 4 is 17.4 Å². The first-order valence-corrected chi connectivity index (χ1v) is 11.7. The van der Waals surface area contributed by atoms with Crippen molar-refractivity contribution in [3.8, 4) is 17.0 Å². The number of carbonyl (C=O) groups excluding carboxylic acids is 1. The van der Waals surface area contributed by atoms with Crippen molar-refractivity contribution in [2.24, 2.45) is 0 Å². The molecule has 1 saturated heterocycles. The monoisotopic (exact) mass is 516 g/mol. The molecule has 1 aliphatic rings. The number of aliphatic hydroxyl groups is 1. The van der Waals surface area contributed by atoms with E-state index < -0.39 is 17.8 Å². The van der Waals surface area contributed by atoms with Crippen molar-refractivity contribution in [2.45, 2.75) is 26.1 Å². The highest BCUT2D eigenvalue weighted by Gasteiger charge is 2.33. The number of amides is 1. The number of aromatic nitrogens is 2. The number of aryl methyl sites for hydroxylation is 1. The Morgan fingerprint density at radius 2 is 2.05 bits per heavy atom. The summed E-state index contributed by atoms with van der Waals surface area (Å²) in [7, 11) is 0. The molecule has 8 nitrogen and oxygen atoms in total. The molecule has 4 rings (SSSR count). The first-order chi connectivity index (χ1) is 17.7. The second-order valence-corrected chi connectivity index (χ2v) is 8.65. The number of carbonyl (C=O) groups is 1. The number of pyridine rings is 2. The van der Waals surface area contributed by atoms with E-state index in [1.165, 1.54) is 6.07 Å². The Kier molecular flexibility index (Phi) is 7.94. The van der Waals surface area contributed by atoms with E-state index in [1.54, 1.807) is 18.2 Å². The van der Waals surface area contributed by atoms with Gasteiger partial charge in [-0.1, -0.05) is 6.07 Å². The van der Waals surface area contributed by atoms with Gasteiger partial charge in [0.05, 0.1) is 25.9 Å². The Bertz CT molecular complexity index is 1270. The van der Waals surface area contributed by atoms with E-state index in [-0.39, 0.29) is 24.8 Å². The summed E-state index contributed by atoms with van der Waals surface area (Å²) in [5, 5.41) is 11.9. The van der Waals surface area contributed by atoms with Gasteiger partial charge in [-0.05, 0) is 60.9 Å². The summed E-state index contributed by atoms with van der Waals surface area (Å²) >= 11 is 0. The zero-order chi connectivity index (χ0) is 26.6. The molecule has 11 heteroatoms. The molecule has 0 spiro atoms. The highest BCUT2D eigenvalue weighted by Crippen LogP contribution is 2.33. The first kappa shape index (κ1) is 26.4. The number of ether oxygens (including phenoxy) is 2. The van der Waals surface area contributed by atoms with Crippen molar-refractivity contribution in [1.29, 1.82) is 0 Å². The van der Waals surface area contributed by atoms with E-state index in [1.807, 2.05) is 26.0 Å². The van der Waals surface area contributed by atoms with Crippen molar-refractivity contribution in [2.75, 3.05) is 43.2 Å². The summed E-state index contributed by atoms with van der Waals surface area (Å²) in [4.78, 5) is 22.7. The average Bonchev–Trinajstić information content (AvgIpc) is 2.88. The maximum absolute atomic E-state index is 13.0. The number of halogens is 3. The van der Waals surface area contributed by atoms with Crippen LogP contribution in [0, 0.1) is 6.92 Å². The van der Waals surface area contributed by atoms with Crippen LogP contribution >= 0.6 is 0 Å². The number of hydrogen-bond acceptors (Lipinski definition) is 7. The van der Waals surface area contributed by atoms with Crippen molar-refractivity contribution in [3.63, 3.8) is 0 Å². The molecule has 1 aromatic carbocycles. The largest absolute Gasteiger partial charge is 0.475 e. The van der Waals surface area contributed by atoms with E-state index >= 15 is 0 Å². The Morgan fingerprint density at radius 1 is 1.24 bits per heavy atom. The molecular weight excluding hydrogens is 489 g/mol. The Hall–Kier alpha value is -3.70. The minimum atomic E-state index is -4.65. The second-order valence-electron chi connectivity index (χ2n) is 8.65. The van der Waals surface area contributed by atoms with Gasteiger partial charge >= 0.3 is 6.18 Å². The predicted molar refractivity (Wildman–Crippen MR) is 132 cm³/mol. The van der Waals surface area contributed by atoms with Crippen LogP contribution < -0.4 is 15.0 Å². The third-order valence-electron chi connectivity index (χ3n) is 5.91. The molecule has 1 fully saturated rings. The third-order valence-corrected chi connectivity index (χ3v) is 5.91. The van der Waals surface area contributed by atoms with Gasteiger partial charge in [0, 0.05) is 30.1 Å². The number of benzene rings is 1. The Balaban J connectivity index is 1.66. The lowest BCUT2D eigenvalue weighted by Gasteiger charge is -2.34. The van der Waals surface area contributed by atoms with E-state index in [0.29, 0.717) is 43.2 Å². The lowest BCUT2D eigenvalue weighted by molar-refractivity contribution is -0.141. The van der Waals surface area contributed by atoms with Crippen LogP contribution in [0.1, 0.15) is 28.5 Å². The molecular formula is C26H27F3N4O4.